The Balaban J connectivity index is 2.15. The summed E-state index contributed by atoms with van der Waals surface area (Å²) in [6.45, 7) is 7.23. The molecular weight excluding hydrogens is 535 g/mol. The van der Waals surface area contributed by atoms with E-state index in [4.69, 9.17) is 49.0 Å². The molecule has 0 amide bonds. The number of carbonyl (C=O) groups is 1. The lowest BCUT2D eigenvalue weighted by Crippen LogP contribution is -2.32. The van der Waals surface area contributed by atoms with Crippen molar-refractivity contribution in [3.05, 3.63) is 57.6 Å². The Labute approximate surface area is 222 Å². The minimum atomic E-state index is -3.34. The average Bonchev–Trinajstić information content (AvgIpc) is 2.79. The van der Waals surface area contributed by atoms with E-state index in [-0.39, 0.29) is 18.1 Å². The number of benzene rings is 2. The molecule has 0 fully saturated rings. The fourth-order valence-corrected chi connectivity index (χ4v) is 5.03. The zero-order valence-corrected chi connectivity index (χ0v) is 23.4. The van der Waals surface area contributed by atoms with Crippen LogP contribution in [0.2, 0.25) is 10.0 Å². The van der Waals surface area contributed by atoms with E-state index in [1.165, 1.54) is 6.92 Å². The smallest absolute Gasteiger partial charge is 0.303 e. The largest absolute Gasteiger partial charge is 0.490 e. The molecule has 2 aromatic carbocycles. The summed E-state index contributed by atoms with van der Waals surface area (Å²) in [4.78, 5) is 11.4. The Morgan fingerprint density at radius 1 is 1.03 bits per heavy atom. The first-order valence-corrected chi connectivity index (χ1v) is 14.3. The molecule has 6 nitrogen and oxygen atoms in total. The lowest BCUT2D eigenvalue weighted by Gasteiger charge is -2.27. The van der Waals surface area contributed by atoms with Gasteiger partial charge in [-0.2, -0.15) is 0 Å². The molecule has 0 aliphatic carbocycles. The highest BCUT2D eigenvalue weighted by atomic mass is 35.5. The molecule has 0 aromatic heterocycles. The molecule has 0 unspecified atom stereocenters. The average molecular weight is 566 g/mol. The van der Waals surface area contributed by atoms with Gasteiger partial charge in [0.1, 0.15) is 18.5 Å². The van der Waals surface area contributed by atoms with E-state index in [0.29, 0.717) is 40.5 Å². The summed E-state index contributed by atoms with van der Waals surface area (Å²) in [6, 6.07) is 11.1. The zero-order chi connectivity index (χ0) is 26.2. The summed E-state index contributed by atoms with van der Waals surface area (Å²) < 4.78 is 40.4. The first-order valence-electron chi connectivity index (χ1n) is 11.2. The number of hydrogen-bond donors (Lipinski definition) is 0. The van der Waals surface area contributed by atoms with Crippen LogP contribution in [0.3, 0.4) is 0 Å². The third-order valence-electron chi connectivity index (χ3n) is 5.47. The summed E-state index contributed by atoms with van der Waals surface area (Å²) >= 11 is 18.6. The first-order chi connectivity index (χ1) is 16.4. The molecule has 2 rings (SSSR count). The Morgan fingerprint density at radius 2 is 1.63 bits per heavy atom. The van der Waals surface area contributed by atoms with Gasteiger partial charge >= 0.3 is 5.97 Å². The summed E-state index contributed by atoms with van der Waals surface area (Å²) in [5, 5.41) is 0.849. The predicted octanol–water partition coefficient (Wildman–Crippen LogP) is 6.07. The summed E-state index contributed by atoms with van der Waals surface area (Å²) in [6.07, 6.45) is -0.200. The number of hydrogen-bond acceptors (Lipinski definition) is 6. The van der Waals surface area contributed by atoms with Crippen LogP contribution in [0.15, 0.2) is 36.4 Å². The van der Waals surface area contributed by atoms with Crippen LogP contribution in [-0.4, -0.2) is 51.1 Å². The molecule has 1 atom stereocenters. The van der Waals surface area contributed by atoms with Gasteiger partial charge in [-0.15, -0.1) is 11.6 Å². The van der Waals surface area contributed by atoms with E-state index in [9.17, 15) is 13.2 Å². The minimum absolute atomic E-state index is 0.0386. The topological polar surface area (TPSA) is 78.9 Å². The SMILES string of the molecule is CCS(=O)(=O)C[C@@H](COc1ccc(C(C)(C)c2cc(Cl)c(OCCCCl)c(Cl)c2)cc1)OC(C)=O. The second kappa shape index (κ2) is 13.0. The normalized spacial score (nSPS) is 12.8. The van der Waals surface area contributed by atoms with Crippen molar-refractivity contribution in [1.82, 2.24) is 0 Å². The minimum Gasteiger partial charge on any atom is -0.490 e. The number of esters is 1. The number of carbonyl (C=O) groups excluding carboxylic acids is 1. The highest BCUT2D eigenvalue weighted by molar-refractivity contribution is 7.91. The van der Waals surface area contributed by atoms with Gasteiger partial charge in [0.05, 0.1) is 22.4 Å². The third-order valence-corrected chi connectivity index (χ3v) is 8.06. The van der Waals surface area contributed by atoms with E-state index in [1.807, 2.05) is 38.1 Å². The summed E-state index contributed by atoms with van der Waals surface area (Å²) in [5.74, 6) is 0.561. The molecular formula is C25H31Cl3O6S. The Kier molecular flexibility index (Phi) is 11.0. The van der Waals surface area contributed by atoms with Gasteiger partial charge in [-0.25, -0.2) is 8.42 Å². The Hall–Kier alpha value is -1.67. The lowest BCUT2D eigenvalue weighted by atomic mass is 9.78. The molecule has 35 heavy (non-hydrogen) atoms. The molecule has 194 valence electrons. The van der Waals surface area contributed by atoms with Gasteiger partial charge in [0, 0.05) is 24.0 Å². The van der Waals surface area contributed by atoms with E-state index < -0.39 is 27.3 Å². The van der Waals surface area contributed by atoms with Crippen molar-refractivity contribution in [3.8, 4) is 11.5 Å². The van der Waals surface area contributed by atoms with Gasteiger partial charge in [0.25, 0.3) is 0 Å². The molecule has 0 saturated heterocycles. The lowest BCUT2D eigenvalue weighted by molar-refractivity contribution is -0.146. The van der Waals surface area contributed by atoms with E-state index in [1.54, 1.807) is 19.1 Å². The highest BCUT2D eigenvalue weighted by Crippen LogP contribution is 2.40. The molecule has 2 aromatic rings. The van der Waals surface area contributed by atoms with Crippen molar-refractivity contribution in [2.75, 3.05) is 30.6 Å². The van der Waals surface area contributed by atoms with E-state index >= 15 is 0 Å². The van der Waals surface area contributed by atoms with Crippen LogP contribution in [-0.2, 0) is 24.8 Å². The monoisotopic (exact) mass is 564 g/mol. The van der Waals surface area contributed by atoms with E-state index in [2.05, 4.69) is 0 Å². The van der Waals surface area contributed by atoms with Crippen LogP contribution in [0.5, 0.6) is 11.5 Å². The maximum Gasteiger partial charge on any atom is 0.303 e. The van der Waals surface area contributed by atoms with Gasteiger partial charge in [-0.3, -0.25) is 4.79 Å². The maximum absolute atomic E-state index is 11.9. The van der Waals surface area contributed by atoms with Crippen LogP contribution in [0.4, 0.5) is 0 Å². The molecule has 0 aliphatic rings. The number of sulfone groups is 1. The highest BCUT2D eigenvalue weighted by Gasteiger charge is 2.26. The number of halogens is 3. The standard InChI is InChI=1S/C25H31Cl3O6S/c1-5-35(30,31)16-21(34-17(2)29)15-33-20-9-7-18(8-10-20)25(3,4)19-13-22(27)24(23(28)14-19)32-12-6-11-26/h7-10,13-14,21H,5-6,11-12,15-16H2,1-4H3/t21-/m1/s1. The second-order valence-corrected chi connectivity index (χ2v) is 12.1. The summed E-state index contributed by atoms with van der Waals surface area (Å²) in [7, 11) is -3.34. The predicted molar refractivity (Wildman–Crippen MR) is 141 cm³/mol. The van der Waals surface area contributed by atoms with Crippen molar-refractivity contribution in [1.29, 1.82) is 0 Å². The zero-order valence-electron chi connectivity index (χ0n) is 20.3. The molecule has 0 radical (unpaired) electrons. The molecule has 0 aliphatic heterocycles. The van der Waals surface area contributed by atoms with Gasteiger partial charge < -0.3 is 14.2 Å². The Morgan fingerprint density at radius 3 is 2.14 bits per heavy atom. The van der Waals surface area contributed by atoms with Crippen molar-refractivity contribution in [2.24, 2.45) is 0 Å². The second-order valence-electron chi connectivity index (χ2n) is 8.55. The molecule has 0 saturated carbocycles. The molecule has 0 heterocycles. The number of rotatable bonds is 13. The first kappa shape index (κ1) is 29.6. The van der Waals surface area contributed by atoms with Crippen LogP contribution in [0, 0.1) is 0 Å². The number of ether oxygens (including phenoxy) is 3. The van der Waals surface area contributed by atoms with Gasteiger partial charge in [0.2, 0.25) is 0 Å². The molecule has 0 N–H and O–H groups in total. The quantitative estimate of drug-likeness (QED) is 0.167. The molecule has 10 heteroatoms. The van der Waals surface area contributed by atoms with Crippen molar-refractivity contribution < 1.29 is 27.4 Å². The Bertz CT molecular complexity index is 1080. The van der Waals surface area contributed by atoms with Crippen molar-refractivity contribution in [2.45, 2.75) is 45.6 Å². The van der Waals surface area contributed by atoms with Crippen LogP contribution in [0.1, 0.15) is 45.2 Å². The molecule has 0 spiro atoms. The van der Waals surface area contributed by atoms with Gasteiger partial charge in [-0.1, -0.05) is 56.1 Å². The fourth-order valence-electron chi connectivity index (χ4n) is 3.36. The van der Waals surface area contributed by atoms with Gasteiger partial charge in [0.15, 0.2) is 15.6 Å². The van der Waals surface area contributed by atoms with Gasteiger partial charge in [-0.05, 0) is 41.8 Å². The van der Waals surface area contributed by atoms with E-state index in [0.717, 1.165) is 11.1 Å². The van der Waals surface area contributed by atoms with Crippen molar-refractivity contribution in [3.63, 3.8) is 0 Å². The summed E-state index contributed by atoms with van der Waals surface area (Å²) in [5.41, 5.74) is 1.46. The maximum atomic E-state index is 11.9. The molecule has 0 bridgehead atoms. The van der Waals surface area contributed by atoms with Crippen molar-refractivity contribution >= 4 is 50.6 Å². The van der Waals surface area contributed by atoms with Crippen LogP contribution < -0.4 is 9.47 Å². The van der Waals surface area contributed by atoms with Crippen LogP contribution >= 0.6 is 34.8 Å². The third kappa shape index (κ3) is 8.74. The number of alkyl halides is 1. The fraction of sp³-hybridized carbons (Fsp3) is 0.480. The van der Waals surface area contributed by atoms with Crippen LogP contribution in [0.25, 0.3) is 0 Å².